The zero-order valence-corrected chi connectivity index (χ0v) is 18.6. The lowest BCUT2D eigenvalue weighted by molar-refractivity contribution is -0.0212. The minimum atomic E-state index is -0.592. The van der Waals surface area contributed by atoms with Crippen LogP contribution < -0.4 is 11.1 Å². The molecule has 0 spiro atoms. The summed E-state index contributed by atoms with van der Waals surface area (Å²) in [5.74, 6) is 0.763. The van der Waals surface area contributed by atoms with Crippen molar-refractivity contribution in [3.63, 3.8) is 0 Å². The summed E-state index contributed by atoms with van der Waals surface area (Å²) < 4.78 is 5.63. The molecule has 0 unspecified atom stereocenters. The number of aromatic nitrogens is 2. The van der Waals surface area contributed by atoms with Gasteiger partial charge in [0.25, 0.3) is 0 Å². The number of hydrogen-bond acceptors (Lipinski definition) is 6. The fourth-order valence-electron chi connectivity index (χ4n) is 3.71. The van der Waals surface area contributed by atoms with Gasteiger partial charge >= 0.3 is 6.03 Å². The van der Waals surface area contributed by atoms with Crippen molar-refractivity contribution < 1.29 is 9.53 Å². The number of nitrogens with zero attached hydrogens (tertiary/aromatic N) is 3. The van der Waals surface area contributed by atoms with Crippen molar-refractivity contribution in [1.82, 2.24) is 14.9 Å². The first-order chi connectivity index (χ1) is 15.0. The number of anilines is 1. The first kappa shape index (κ1) is 21.4. The maximum absolute atomic E-state index is 11.5. The maximum Gasteiger partial charge on any atom is 0.316 e. The minimum absolute atomic E-state index is 0.281. The SMILES string of the molecule is CCc1nccc(-c2sc(-c3ccc(CN4CCO[C@@H](C)C4)cc3)cc2NC(N)=O)n1. The molecule has 0 bridgehead atoms. The van der Waals surface area contributed by atoms with Gasteiger partial charge in [-0.25, -0.2) is 14.8 Å². The lowest BCUT2D eigenvalue weighted by Gasteiger charge is -2.31. The Morgan fingerprint density at radius 2 is 2.13 bits per heavy atom. The molecule has 162 valence electrons. The summed E-state index contributed by atoms with van der Waals surface area (Å²) in [6.45, 7) is 7.75. The van der Waals surface area contributed by atoms with E-state index in [2.05, 4.69) is 51.4 Å². The lowest BCUT2D eigenvalue weighted by atomic mass is 10.1. The van der Waals surface area contributed by atoms with Crippen LogP contribution in [0.25, 0.3) is 21.0 Å². The number of morpholine rings is 1. The normalized spacial score (nSPS) is 16.9. The van der Waals surface area contributed by atoms with Gasteiger partial charge in [0.2, 0.25) is 0 Å². The number of nitrogens with two attached hydrogens (primary N) is 1. The van der Waals surface area contributed by atoms with E-state index in [-0.39, 0.29) is 6.10 Å². The van der Waals surface area contributed by atoms with Crippen LogP contribution >= 0.6 is 11.3 Å². The predicted octanol–water partition coefficient (Wildman–Crippen LogP) is 4.15. The highest BCUT2D eigenvalue weighted by Gasteiger charge is 2.18. The van der Waals surface area contributed by atoms with Gasteiger partial charge < -0.3 is 15.8 Å². The lowest BCUT2D eigenvalue weighted by Crippen LogP contribution is -2.40. The number of rotatable bonds is 6. The summed E-state index contributed by atoms with van der Waals surface area (Å²) in [6, 6.07) is 11.8. The summed E-state index contributed by atoms with van der Waals surface area (Å²) in [4.78, 5) is 24.8. The van der Waals surface area contributed by atoms with Crippen molar-refractivity contribution in [2.45, 2.75) is 32.9 Å². The molecule has 1 aliphatic heterocycles. The van der Waals surface area contributed by atoms with Gasteiger partial charge in [-0.1, -0.05) is 31.2 Å². The van der Waals surface area contributed by atoms with Crippen LogP contribution in [0.1, 0.15) is 25.2 Å². The number of carbonyl (C=O) groups excluding carboxylic acids is 1. The topological polar surface area (TPSA) is 93.4 Å². The molecule has 2 aromatic heterocycles. The number of hydrogen-bond donors (Lipinski definition) is 2. The third-order valence-corrected chi connectivity index (χ3v) is 6.42. The molecule has 4 rings (SSSR count). The third-order valence-electron chi connectivity index (χ3n) is 5.21. The highest BCUT2D eigenvalue weighted by molar-refractivity contribution is 7.19. The molecule has 0 aliphatic carbocycles. The summed E-state index contributed by atoms with van der Waals surface area (Å²) in [6.07, 6.45) is 2.77. The van der Waals surface area contributed by atoms with Crippen molar-refractivity contribution in [2.24, 2.45) is 5.73 Å². The Labute approximate surface area is 186 Å². The Hall–Kier alpha value is -2.81. The molecule has 0 saturated carbocycles. The first-order valence-corrected chi connectivity index (χ1v) is 11.3. The summed E-state index contributed by atoms with van der Waals surface area (Å²) in [5.41, 5.74) is 9.21. The molecule has 3 N–H and O–H groups in total. The van der Waals surface area contributed by atoms with Crippen LogP contribution in [0.15, 0.2) is 42.6 Å². The zero-order chi connectivity index (χ0) is 21.8. The number of urea groups is 1. The molecule has 3 heterocycles. The number of benzene rings is 1. The van der Waals surface area contributed by atoms with E-state index >= 15 is 0 Å². The van der Waals surface area contributed by atoms with Crippen LogP contribution in [0.5, 0.6) is 0 Å². The number of aryl methyl sites for hydroxylation is 1. The van der Waals surface area contributed by atoms with Crippen LogP contribution in [0.2, 0.25) is 0 Å². The molecule has 2 amide bonds. The van der Waals surface area contributed by atoms with Gasteiger partial charge in [-0.2, -0.15) is 0 Å². The van der Waals surface area contributed by atoms with E-state index in [1.807, 2.05) is 19.1 Å². The number of thiophene rings is 1. The number of nitrogens with one attached hydrogen (secondary N) is 1. The van der Waals surface area contributed by atoms with Crippen LogP contribution in [-0.4, -0.2) is 46.7 Å². The smallest absolute Gasteiger partial charge is 0.316 e. The summed E-state index contributed by atoms with van der Waals surface area (Å²) >= 11 is 1.58. The van der Waals surface area contributed by atoms with E-state index in [9.17, 15) is 4.79 Å². The van der Waals surface area contributed by atoms with Crippen molar-refractivity contribution in [2.75, 3.05) is 25.0 Å². The number of amides is 2. The van der Waals surface area contributed by atoms with Gasteiger partial charge in [-0.05, 0) is 30.2 Å². The molecular formula is C23H27N5O2S. The standard InChI is InChI=1S/C23H27N5O2S/c1-3-21-25-9-8-18(26-21)22-19(27-23(24)29)12-20(31-22)17-6-4-16(5-7-17)14-28-10-11-30-15(2)13-28/h4-9,12,15H,3,10-11,13-14H2,1-2H3,(H3,24,27,29)/t15-/m0/s1. The fraction of sp³-hybridized carbons (Fsp3) is 0.348. The van der Waals surface area contributed by atoms with Crippen LogP contribution in [0.4, 0.5) is 10.5 Å². The van der Waals surface area contributed by atoms with E-state index < -0.39 is 6.03 Å². The quantitative estimate of drug-likeness (QED) is 0.604. The second-order valence-corrected chi connectivity index (χ2v) is 8.72. The van der Waals surface area contributed by atoms with Crippen LogP contribution in [-0.2, 0) is 17.7 Å². The molecule has 1 fully saturated rings. The Morgan fingerprint density at radius 3 is 2.84 bits per heavy atom. The first-order valence-electron chi connectivity index (χ1n) is 10.5. The number of carbonyl (C=O) groups is 1. The highest BCUT2D eigenvalue weighted by Crippen LogP contribution is 2.40. The third kappa shape index (κ3) is 5.28. The van der Waals surface area contributed by atoms with Gasteiger partial charge in [0.15, 0.2) is 0 Å². The zero-order valence-electron chi connectivity index (χ0n) is 17.8. The second kappa shape index (κ2) is 9.55. The highest BCUT2D eigenvalue weighted by atomic mass is 32.1. The monoisotopic (exact) mass is 437 g/mol. The van der Waals surface area contributed by atoms with Gasteiger partial charge in [0.1, 0.15) is 5.82 Å². The van der Waals surface area contributed by atoms with Gasteiger partial charge in [-0.15, -0.1) is 11.3 Å². The molecular weight excluding hydrogens is 410 g/mol. The summed E-state index contributed by atoms with van der Waals surface area (Å²) in [5, 5.41) is 2.74. The molecule has 3 aromatic rings. The Balaban J connectivity index is 1.58. The van der Waals surface area contributed by atoms with Crippen LogP contribution in [0.3, 0.4) is 0 Å². The fourth-order valence-corrected chi connectivity index (χ4v) is 4.80. The van der Waals surface area contributed by atoms with E-state index in [0.29, 0.717) is 5.69 Å². The predicted molar refractivity (Wildman–Crippen MR) is 124 cm³/mol. The molecule has 1 aliphatic rings. The molecule has 7 nitrogen and oxygen atoms in total. The summed E-state index contributed by atoms with van der Waals surface area (Å²) in [7, 11) is 0. The average molecular weight is 438 g/mol. The molecule has 1 aromatic carbocycles. The van der Waals surface area contributed by atoms with E-state index in [1.165, 1.54) is 5.56 Å². The van der Waals surface area contributed by atoms with Gasteiger partial charge in [-0.3, -0.25) is 4.90 Å². The van der Waals surface area contributed by atoms with Gasteiger partial charge in [0, 0.05) is 37.1 Å². The number of ether oxygens (including phenoxy) is 1. The molecule has 1 saturated heterocycles. The maximum atomic E-state index is 11.5. The Bertz CT molecular complexity index is 1050. The van der Waals surface area contributed by atoms with Crippen LogP contribution in [0, 0.1) is 0 Å². The van der Waals surface area contributed by atoms with E-state index in [1.54, 1.807) is 17.5 Å². The largest absolute Gasteiger partial charge is 0.376 e. The van der Waals surface area contributed by atoms with Gasteiger partial charge in [0.05, 0.1) is 29.0 Å². The second-order valence-electron chi connectivity index (χ2n) is 7.67. The Kier molecular flexibility index (Phi) is 6.60. The van der Waals surface area contributed by atoms with Crippen molar-refractivity contribution in [1.29, 1.82) is 0 Å². The molecule has 31 heavy (non-hydrogen) atoms. The average Bonchev–Trinajstić information content (AvgIpc) is 3.17. The van der Waals surface area contributed by atoms with E-state index in [0.717, 1.165) is 59.5 Å². The van der Waals surface area contributed by atoms with Crippen molar-refractivity contribution in [3.05, 3.63) is 54.0 Å². The minimum Gasteiger partial charge on any atom is -0.376 e. The van der Waals surface area contributed by atoms with E-state index in [4.69, 9.17) is 10.5 Å². The molecule has 8 heteroatoms. The van der Waals surface area contributed by atoms with Crippen molar-refractivity contribution >= 4 is 23.1 Å². The molecule has 0 radical (unpaired) electrons. The molecule has 1 atom stereocenters. The Morgan fingerprint density at radius 1 is 1.32 bits per heavy atom. The number of primary amides is 1. The van der Waals surface area contributed by atoms with Crippen molar-refractivity contribution in [3.8, 4) is 21.0 Å².